The van der Waals surface area contributed by atoms with E-state index in [1.807, 2.05) is 0 Å². The van der Waals surface area contributed by atoms with Crippen LogP contribution in [-0.2, 0) is 4.74 Å². The minimum absolute atomic E-state index is 0.00838. The number of nitrogens with two attached hydrogens (primary N) is 1. The summed E-state index contributed by atoms with van der Waals surface area (Å²) in [6.07, 6.45) is -11.4. The molecule has 0 aromatic carbocycles. The molecule has 1 aliphatic heterocycles. The highest BCUT2D eigenvalue weighted by atomic mass is 16.6. The summed E-state index contributed by atoms with van der Waals surface area (Å²) in [6.45, 7) is -2.56. The van der Waals surface area contributed by atoms with E-state index < -0.39 is 31.0 Å². The Labute approximate surface area is 114 Å². The Kier molecular flexibility index (Phi) is 1.78. The van der Waals surface area contributed by atoms with E-state index >= 15 is 0 Å². The van der Waals surface area contributed by atoms with E-state index in [0.29, 0.717) is 4.57 Å². The van der Waals surface area contributed by atoms with Crippen molar-refractivity contribution in [1.29, 1.82) is 0 Å². The van der Waals surface area contributed by atoms with Crippen molar-refractivity contribution in [2.75, 3.05) is 12.3 Å². The monoisotopic (exact) mass is 272 g/mol. The van der Waals surface area contributed by atoms with Crippen molar-refractivity contribution in [1.82, 2.24) is 19.5 Å². The van der Waals surface area contributed by atoms with E-state index in [-0.39, 0.29) is 17.0 Å². The molecule has 1 saturated heterocycles. The summed E-state index contributed by atoms with van der Waals surface area (Å²) in [4.78, 5) is 11.3. The first-order valence-electron chi connectivity index (χ1n) is 7.67. The van der Waals surface area contributed by atoms with Gasteiger partial charge in [0.2, 0.25) is 0 Å². The summed E-state index contributed by atoms with van der Waals surface area (Å²) in [5.74, 6) is -0.0762. The summed E-state index contributed by atoms with van der Waals surface area (Å²) in [5, 5.41) is 29.8. The number of nitrogens with zero attached hydrogens (tertiary/aromatic N) is 4. The maximum atomic E-state index is 10.3. The van der Waals surface area contributed by atoms with Gasteiger partial charge in [0, 0.05) is 0 Å². The highest BCUT2D eigenvalue weighted by Gasteiger charge is 2.43. The standard InChI is InChI=1S/C10H13N5O4/c11-8-5-9(13-2-12-8)15(3-14-5)10-7(18)6(17)4(1-16)19-10/h2-4,6-7,10,16-18H,1H2,(H2,11,12,13)/t4-,6-,7-,10-/m1/s1/i1D,4D,6D,7D,10D/t1?,4-,6-,7-,10-. The van der Waals surface area contributed by atoms with Crippen LogP contribution in [0, 0.1) is 0 Å². The lowest BCUT2D eigenvalue weighted by Gasteiger charge is -2.16. The SMILES string of the molecule is [2H]C(O)[C@@]1([2H])O[C@@]([2H])(n2cnc3c(N)ncnc32)[C@]([2H])(O)[C@]1([2H])O. The number of anilines is 1. The largest absolute Gasteiger partial charge is 0.394 e. The Balaban J connectivity index is 2.28. The molecule has 0 aliphatic carbocycles. The second-order valence-electron chi connectivity index (χ2n) is 3.64. The predicted molar refractivity (Wildman–Crippen MR) is 62.7 cm³/mol. The number of hydrogen-bond acceptors (Lipinski definition) is 8. The van der Waals surface area contributed by atoms with Crippen molar-refractivity contribution in [3.05, 3.63) is 12.7 Å². The normalized spacial score (nSPS) is 52.1. The maximum absolute atomic E-state index is 10.3. The number of ether oxygens (including phenoxy) is 1. The number of nitrogen functional groups attached to an aromatic ring is 1. The molecule has 9 heteroatoms. The van der Waals surface area contributed by atoms with Crippen LogP contribution in [0.3, 0.4) is 0 Å². The third-order valence-corrected chi connectivity index (χ3v) is 2.56. The Morgan fingerprint density at radius 1 is 1.42 bits per heavy atom. The van der Waals surface area contributed by atoms with Crippen molar-refractivity contribution in [2.24, 2.45) is 0 Å². The van der Waals surface area contributed by atoms with Crippen LogP contribution in [0.2, 0.25) is 0 Å². The first-order chi connectivity index (χ1) is 10.9. The lowest BCUT2D eigenvalue weighted by Crippen LogP contribution is -2.33. The molecule has 0 amide bonds. The zero-order valence-corrected chi connectivity index (χ0v) is 9.35. The molecule has 3 rings (SSSR count). The molecule has 1 fully saturated rings. The van der Waals surface area contributed by atoms with E-state index in [2.05, 4.69) is 15.0 Å². The molecule has 2 aromatic rings. The Bertz CT molecular complexity index is 813. The Morgan fingerprint density at radius 2 is 2.21 bits per heavy atom. The van der Waals surface area contributed by atoms with Gasteiger partial charge in [0.1, 0.15) is 30.1 Å². The Hall–Kier alpha value is -1.81. The zero-order chi connectivity index (χ0) is 18.1. The number of rotatable bonds is 2. The lowest BCUT2D eigenvalue weighted by molar-refractivity contribution is -0.0511. The molecule has 5 atom stereocenters. The molecule has 0 bridgehead atoms. The van der Waals surface area contributed by atoms with E-state index in [1.165, 1.54) is 0 Å². The van der Waals surface area contributed by atoms with E-state index in [9.17, 15) is 15.3 Å². The minimum Gasteiger partial charge on any atom is -0.394 e. The van der Waals surface area contributed by atoms with E-state index in [0.717, 1.165) is 12.7 Å². The zero-order valence-electron chi connectivity index (χ0n) is 14.3. The summed E-state index contributed by atoms with van der Waals surface area (Å²) < 4.78 is 44.4. The average Bonchev–Trinajstić information content (AvgIpc) is 2.95. The second kappa shape index (κ2) is 4.38. The highest BCUT2D eigenvalue weighted by molar-refractivity contribution is 5.81. The first kappa shape index (κ1) is 7.70. The third-order valence-electron chi connectivity index (χ3n) is 2.56. The van der Waals surface area contributed by atoms with Crippen molar-refractivity contribution in [2.45, 2.75) is 24.4 Å². The van der Waals surface area contributed by atoms with Crippen LogP contribution in [-0.4, -0.2) is 59.7 Å². The van der Waals surface area contributed by atoms with Crippen molar-refractivity contribution in [3.63, 3.8) is 0 Å². The molecular formula is C10H13N5O4. The molecule has 1 unspecified atom stereocenters. The van der Waals surface area contributed by atoms with Crippen LogP contribution in [0.15, 0.2) is 12.7 Å². The van der Waals surface area contributed by atoms with Gasteiger partial charge >= 0.3 is 0 Å². The second-order valence-corrected chi connectivity index (χ2v) is 3.64. The summed E-state index contributed by atoms with van der Waals surface area (Å²) in [7, 11) is 0. The van der Waals surface area contributed by atoms with Crippen LogP contribution in [0.1, 0.15) is 13.1 Å². The van der Waals surface area contributed by atoms with Crippen LogP contribution < -0.4 is 5.73 Å². The molecule has 19 heavy (non-hydrogen) atoms. The van der Waals surface area contributed by atoms with Gasteiger partial charge in [0.05, 0.1) is 19.8 Å². The maximum Gasteiger partial charge on any atom is 0.167 e. The first-order valence-corrected chi connectivity index (χ1v) is 5.09. The summed E-state index contributed by atoms with van der Waals surface area (Å²) in [5.41, 5.74) is 5.42. The van der Waals surface area contributed by atoms with Gasteiger partial charge in [-0.2, -0.15) is 0 Å². The van der Waals surface area contributed by atoms with Crippen molar-refractivity contribution < 1.29 is 26.9 Å². The van der Waals surface area contributed by atoms with Gasteiger partial charge in [-0.05, 0) is 0 Å². The molecule has 0 radical (unpaired) electrons. The third kappa shape index (κ3) is 1.75. The smallest absolute Gasteiger partial charge is 0.167 e. The number of aliphatic hydroxyl groups is 3. The number of aromatic nitrogens is 4. The Morgan fingerprint density at radius 3 is 2.89 bits per heavy atom. The van der Waals surface area contributed by atoms with Crippen molar-refractivity contribution in [3.8, 4) is 0 Å². The number of fused-ring (bicyclic) bond motifs is 1. The van der Waals surface area contributed by atoms with Gasteiger partial charge in [-0.25, -0.2) is 15.0 Å². The molecular weight excluding hydrogens is 254 g/mol. The number of hydrogen-bond donors (Lipinski definition) is 4. The molecule has 5 N–H and O–H groups in total. The van der Waals surface area contributed by atoms with Crippen molar-refractivity contribution >= 4 is 17.0 Å². The number of imidazole rings is 1. The number of aliphatic hydroxyl groups excluding tert-OH is 1. The van der Waals surface area contributed by atoms with Gasteiger partial charge in [-0.15, -0.1) is 0 Å². The molecule has 2 aromatic heterocycles. The minimum atomic E-state index is -3.56. The summed E-state index contributed by atoms with van der Waals surface area (Å²) in [6, 6.07) is 0. The molecule has 0 spiro atoms. The van der Waals surface area contributed by atoms with Gasteiger partial charge in [0.25, 0.3) is 0 Å². The van der Waals surface area contributed by atoms with Gasteiger partial charge in [-0.3, -0.25) is 4.57 Å². The fourth-order valence-electron chi connectivity index (χ4n) is 1.67. The average molecular weight is 272 g/mol. The van der Waals surface area contributed by atoms with E-state index in [4.69, 9.17) is 17.3 Å². The molecule has 1 aliphatic rings. The fraction of sp³-hybridized carbons (Fsp3) is 0.500. The molecule has 0 saturated carbocycles. The topological polar surface area (TPSA) is 140 Å². The van der Waals surface area contributed by atoms with Gasteiger partial charge in [-0.1, -0.05) is 0 Å². The summed E-state index contributed by atoms with van der Waals surface area (Å²) >= 11 is 0. The van der Waals surface area contributed by atoms with Crippen LogP contribution >= 0.6 is 0 Å². The van der Waals surface area contributed by atoms with Crippen LogP contribution in [0.5, 0.6) is 0 Å². The quantitative estimate of drug-likeness (QED) is 0.493. The van der Waals surface area contributed by atoms with Crippen LogP contribution in [0.25, 0.3) is 11.2 Å². The van der Waals surface area contributed by atoms with Gasteiger partial charge < -0.3 is 25.8 Å². The fourth-order valence-corrected chi connectivity index (χ4v) is 1.67. The lowest BCUT2D eigenvalue weighted by atomic mass is 10.1. The van der Waals surface area contributed by atoms with Gasteiger partial charge in [0.15, 0.2) is 17.7 Å². The predicted octanol–water partition coefficient (Wildman–Crippen LogP) is -1.98. The molecule has 9 nitrogen and oxygen atoms in total. The molecule has 3 heterocycles. The molecule has 102 valence electrons. The van der Waals surface area contributed by atoms with Crippen LogP contribution in [0.4, 0.5) is 5.82 Å². The van der Waals surface area contributed by atoms with E-state index in [1.54, 1.807) is 0 Å². The highest BCUT2D eigenvalue weighted by Crippen LogP contribution is 2.31.